The number of anilines is 1. The molecule has 3 N–H and O–H groups in total. The Morgan fingerprint density at radius 2 is 2.21 bits per heavy atom. The molecule has 0 atom stereocenters. The fourth-order valence-electron chi connectivity index (χ4n) is 1.90. The van der Waals surface area contributed by atoms with Crippen molar-refractivity contribution in [3.05, 3.63) is 52.5 Å². The molecule has 8 nitrogen and oxygen atoms in total. The Kier molecular flexibility index (Phi) is 4.52. The van der Waals surface area contributed by atoms with Gasteiger partial charge in [-0.3, -0.25) is 0 Å². The Balaban J connectivity index is 1.62. The minimum absolute atomic E-state index is 0.125. The van der Waals surface area contributed by atoms with Gasteiger partial charge in [0.25, 0.3) is 5.89 Å². The Morgan fingerprint density at radius 1 is 1.33 bits per heavy atom. The number of thiophene rings is 1. The highest BCUT2D eigenvalue weighted by atomic mass is 32.1. The van der Waals surface area contributed by atoms with Crippen LogP contribution in [0.5, 0.6) is 0 Å². The number of rotatable bonds is 5. The van der Waals surface area contributed by atoms with Gasteiger partial charge in [0, 0.05) is 11.1 Å². The third-order valence-corrected chi connectivity index (χ3v) is 3.62. The van der Waals surface area contributed by atoms with Crippen LogP contribution in [0.2, 0.25) is 0 Å². The van der Waals surface area contributed by atoms with Crippen molar-refractivity contribution >= 4 is 29.0 Å². The maximum Gasteiger partial charge on any atom is 0.338 e. The van der Waals surface area contributed by atoms with Gasteiger partial charge in [0.1, 0.15) is 0 Å². The highest BCUT2D eigenvalue weighted by Gasteiger charge is 2.13. The average molecular weight is 344 g/mol. The monoisotopic (exact) mass is 344 g/mol. The van der Waals surface area contributed by atoms with Crippen LogP contribution >= 0.6 is 11.3 Å². The third-order valence-electron chi connectivity index (χ3n) is 2.93. The van der Waals surface area contributed by atoms with Crippen molar-refractivity contribution in [3.63, 3.8) is 0 Å². The zero-order valence-electron chi connectivity index (χ0n) is 12.3. The minimum atomic E-state index is -0.715. The first-order chi connectivity index (χ1) is 11.6. The number of nitrogens with one attached hydrogen (secondary N) is 1. The van der Waals surface area contributed by atoms with E-state index in [9.17, 15) is 9.59 Å². The van der Waals surface area contributed by atoms with Gasteiger partial charge in [-0.1, -0.05) is 11.2 Å². The lowest BCUT2D eigenvalue weighted by atomic mass is 10.2. The van der Waals surface area contributed by atoms with Crippen LogP contribution in [0.4, 0.5) is 10.5 Å². The van der Waals surface area contributed by atoms with Gasteiger partial charge in [0.05, 0.1) is 11.1 Å². The number of amides is 2. The number of ether oxygens (including phenoxy) is 1. The lowest BCUT2D eigenvalue weighted by molar-refractivity contribution is 0.0459. The summed E-state index contributed by atoms with van der Waals surface area (Å²) in [6, 6.07) is 7.36. The van der Waals surface area contributed by atoms with Gasteiger partial charge in [0.15, 0.2) is 6.61 Å². The van der Waals surface area contributed by atoms with Crippen LogP contribution in [-0.2, 0) is 11.3 Å². The van der Waals surface area contributed by atoms with Gasteiger partial charge in [-0.25, -0.2) is 9.59 Å². The molecule has 0 saturated carbocycles. The second kappa shape index (κ2) is 6.92. The largest absolute Gasteiger partial charge is 0.454 e. The quantitative estimate of drug-likeness (QED) is 0.686. The Bertz CT molecular complexity index is 860. The van der Waals surface area contributed by atoms with Crippen LogP contribution in [0.1, 0.15) is 16.2 Å². The molecule has 0 aliphatic rings. The Hall–Kier alpha value is -3.20. The highest BCUT2D eigenvalue weighted by molar-refractivity contribution is 7.08. The second-order valence-electron chi connectivity index (χ2n) is 4.67. The van der Waals surface area contributed by atoms with Crippen LogP contribution in [0.15, 0.2) is 45.6 Å². The zero-order chi connectivity index (χ0) is 16.9. The molecule has 3 aromatic rings. The second-order valence-corrected chi connectivity index (χ2v) is 5.45. The summed E-state index contributed by atoms with van der Waals surface area (Å²) in [6.07, 6.45) is 0. The number of benzene rings is 1. The Labute approximate surface area is 140 Å². The first-order valence-corrected chi connectivity index (χ1v) is 7.75. The molecule has 2 amide bonds. The predicted octanol–water partition coefficient (Wildman–Crippen LogP) is 2.65. The van der Waals surface area contributed by atoms with E-state index >= 15 is 0 Å². The SMILES string of the molecule is NC(=O)Nc1cccc(C(=O)OCc2noc(-c3ccsc3)n2)c1. The first kappa shape index (κ1) is 15.7. The molecule has 0 aliphatic carbocycles. The van der Waals surface area contributed by atoms with Crippen LogP contribution in [-0.4, -0.2) is 22.1 Å². The van der Waals surface area contributed by atoms with E-state index in [0.29, 0.717) is 11.6 Å². The molecular weight excluding hydrogens is 332 g/mol. The van der Waals surface area contributed by atoms with Gasteiger partial charge in [0.2, 0.25) is 5.82 Å². The molecular formula is C15H12N4O4S. The third kappa shape index (κ3) is 3.76. The van der Waals surface area contributed by atoms with Crippen molar-refractivity contribution in [2.24, 2.45) is 5.73 Å². The maximum absolute atomic E-state index is 12.0. The number of esters is 1. The number of primary amides is 1. The number of hydrogen-bond donors (Lipinski definition) is 2. The van der Waals surface area contributed by atoms with Gasteiger partial charge in [-0.05, 0) is 29.6 Å². The van der Waals surface area contributed by atoms with Crippen LogP contribution in [0.25, 0.3) is 11.5 Å². The van der Waals surface area contributed by atoms with Gasteiger partial charge >= 0.3 is 12.0 Å². The molecule has 24 heavy (non-hydrogen) atoms. The van der Waals surface area contributed by atoms with Gasteiger partial charge < -0.3 is 20.3 Å². The summed E-state index contributed by atoms with van der Waals surface area (Å²) in [5, 5.41) is 9.92. The van der Waals surface area contributed by atoms with Gasteiger partial charge in [-0.2, -0.15) is 16.3 Å². The minimum Gasteiger partial charge on any atom is -0.454 e. The fraction of sp³-hybridized carbons (Fsp3) is 0.0667. The van der Waals surface area contributed by atoms with Crippen molar-refractivity contribution < 1.29 is 18.8 Å². The molecule has 0 bridgehead atoms. The normalized spacial score (nSPS) is 10.3. The molecule has 0 radical (unpaired) electrons. The van der Waals surface area contributed by atoms with E-state index in [4.69, 9.17) is 15.0 Å². The predicted molar refractivity (Wildman–Crippen MR) is 86.4 cm³/mol. The summed E-state index contributed by atoms with van der Waals surface area (Å²) in [6.45, 7) is -0.125. The summed E-state index contributed by atoms with van der Waals surface area (Å²) in [4.78, 5) is 27.0. The van der Waals surface area contributed by atoms with Crippen LogP contribution in [0, 0.1) is 0 Å². The van der Waals surface area contributed by atoms with E-state index < -0.39 is 12.0 Å². The summed E-state index contributed by atoms with van der Waals surface area (Å²) in [5.74, 6) is 0.0518. The highest BCUT2D eigenvalue weighted by Crippen LogP contribution is 2.20. The van der Waals surface area contributed by atoms with Crippen molar-refractivity contribution in [1.29, 1.82) is 0 Å². The number of aromatic nitrogens is 2. The van der Waals surface area contributed by atoms with E-state index in [-0.39, 0.29) is 18.0 Å². The number of carbonyl (C=O) groups is 2. The summed E-state index contributed by atoms with van der Waals surface area (Å²) in [7, 11) is 0. The van der Waals surface area contributed by atoms with Crippen molar-refractivity contribution in [2.45, 2.75) is 6.61 Å². The molecule has 0 unspecified atom stereocenters. The first-order valence-electron chi connectivity index (χ1n) is 6.80. The number of urea groups is 1. The van der Waals surface area contributed by atoms with Crippen LogP contribution in [0.3, 0.4) is 0 Å². The number of nitrogens with two attached hydrogens (primary N) is 1. The smallest absolute Gasteiger partial charge is 0.338 e. The molecule has 1 aromatic carbocycles. The molecule has 3 rings (SSSR count). The molecule has 0 aliphatic heterocycles. The van der Waals surface area contributed by atoms with E-state index in [1.165, 1.54) is 17.4 Å². The average Bonchev–Trinajstić information content (AvgIpc) is 3.23. The van der Waals surface area contributed by atoms with E-state index in [1.54, 1.807) is 18.2 Å². The van der Waals surface area contributed by atoms with Crippen molar-refractivity contribution in [3.8, 4) is 11.5 Å². The van der Waals surface area contributed by atoms with Crippen molar-refractivity contribution in [1.82, 2.24) is 10.1 Å². The van der Waals surface area contributed by atoms with E-state index in [1.807, 2.05) is 16.8 Å². The summed E-state index contributed by atoms with van der Waals surface area (Å²) in [5.41, 5.74) is 6.52. The lowest BCUT2D eigenvalue weighted by Gasteiger charge is -2.05. The maximum atomic E-state index is 12.0. The number of carbonyl (C=O) groups excluding carboxylic acids is 2. The van der Waals surface area contributed by atoms with E-state index in [0.717, 1.165) is 5.56 Å². The van der Waals surface area contributed by atoms with Crippen LogP contribution < -0.4 is 11.1 Å². The number of hydrogen-bond acceptors (Lipinski definition) is 7. The molecule has 0 saturated heterocycles. The topological polar surface area (TPSA) is 120 Å². The fourth-order valence-corrected chi connectivity index (χ4v) is 2.53. The Morgan fingerprint density at radius 3 is 2.96 bits per heavy atom. The summed E-state index contributed by atoms with van der Waals surface area (Å²) >= 11 is 1.51. The number of nitrogens with zero attached hydrogens (tertiary/aromatic N) is 2. The molecule has 122 valence electrons. The molecule has 0 spiro atoms. The van der Waals surface area contributed by atoms with E-state index in [2.05, 4.69) is 15.5 Å². The summed E-state index contributed by atoms with van der Waals surface area (Å²) < 4.78 is 10.2. The molecule has 9 heteroatoms. The molecule has 2 heterocycles. The standard InChI is InChI=1S/C15H12N4O4S/c16-15(21)17-11-3-1-2-9(6-11)14(20)22-7-12-18-13(23-19-12)10-4-5-24-8-10/h1-6,8H,7H2,(H3,16,17,21). The lowest BCUT2D eigenvalue weighted by Crippen LogP contribution is -2.19. The zero-order valence-corrected chi connectivity index (χ0v) is 13.1. The molecule has 0 fully saturated rings. The molecule has 2 aromatic heterocycles. The van der Waals surface area contributed by atoms with Crippen molar-refractivity contribution in [2.75, 3.05) is 5.32 Å². The van der Waals surface area contributed by atoms with Gasteiger partial charge in [-0.15, -0.1) is 0 Å².